The number of hydrogen-bond donors (Lipinski definition) is 0. The van der Waals surface area contributed by atoms with Crippen LogP contribution in [0.15, 0.2) is 0 Å². The lowest BCUT2D eigenvalue weighted by Gasteiger charge is -2.34. The zero-order chi connectivity index (χ0) is 10.1. The van der Waals surface area contributed by atoms with Crippen molar-refractivity contribution in [3.8, 4) is 0 Å². The van der Waals surface area contributed by atoms with E-state index in [-0.39, 0.29) is 17.6 Å². The number of likely N-dealkylation sites (tertiary alicyclic amines) is 1. The highest BCUT2D eigenvalue weighted by Crippen LogP contribution is 2.30. The lowest BCUT2D eigenvalue weighted by atomic mass is 10.0. The van der Waals surface area contributed by atoms with E-state index in [1.54, 1.807) is 0 Å². The van der Waals surface area contributed by atoms with Gasteiger partial charge in [0, 0.05) is 5.54 Å². The number of carbonyl (C=O) groups is 1. The molecule has 1 fully saturated rings. The molecule has 1 heterocycles. The van der Waals surface area contributed by atoms with Crippen LogP contribution in [0.3, 0.4) is 0 Å². The summed E-state index contributed by atoms with van der Waals surface area (Å²) in [5, 5.41) is 0. The lowest BCUT2D eigenvalue weighted by molar-refractivity contribution is -0.147. The summed E-state index contributed by atoms with van der Waals surface area (Å²) >= 11 is 0. The molecule has 76 valence electrons. The van der Waals surface area contributed by atoms with E-state index >= 15 is 0 Å². The van der Waals surface area contributed by atoms with Gasteiger partial charge in [-0.2, -0.15) is 0 Å². The fraction of sp³-hybridized carbons (Fsp3) is 0.900. The smallest absolute Gasteiger partial charge is 0.322 e. The van der Waals surface area contributed by atoms with Gasteiger partial charge in [0.2, 0.25) is 0 Å². The molecule has 3 heteroatoms. The van der Waals surface area contributed by atoms with Gasteiger partial charge < -0.3 is 4.74 Å². The summed E-state index contributed by atoms with van der Waals surface area (Å²) < 4.78 is 4.74. The average molecular weight is 185 g/mol. The Balaban J connectivity index is 2.66. The van der Waals surface area contributed by atoms with Gasteiger partial charge in [0.05, 0.1) is 7.11 Å². The Hall–Kier alpha value is -0.570. The van der Waals surface area contributed by atoms with Crippen molar-refractivity contribution in [3.05, 3.63) is 0 Å². The molecule has 0 aromatic carbocycles. The van der Waals surface area contributed by atoms with E-state index in [9.17, 15) is 4.79 Å². The van der Waals surface area contributed by atoms with Gasteiger partial charge >= 0.3 is 5.97 Å². The maximum Gasteiger partial charge on any atom is 0.322 e. The number of esters is 1. The van der Waals surface area contributed by atoms with Gasteiger partial charge in [0.15, 0.2) is 0 Å². The molecule has 1 rings (SSSR count). The number of ether oxygens (including phenoxy) is 1. The van der Waals surface area contributed by atoms with E-state index in [2.05, 4.69) is 18.7 Å². The van der Waals surface area contributed by atoms with Crippen LogP contribution in [0, 0.1) is 0 Å². The molecule has 1 saturated heterocycles. The molecule has 1 aliphatic heterocycles. The van der Waals surface area contributed by atoms with Crippen molar-refractivity contribution in [1.82, 2.24) is 4.90 Å². The van der Waals surface area contributed by atoms with Crippen LogP contribution in [0.5, 0.6) is 0 Å². The van der Waals surface area contributed by atoms with E-state index in [1.165, 1.54) is 13.5 Å². The molecule has 1 atom stereocenters. The van der Waals surface area contributed by atoms with E-state index in [1.807, 2.05) is 6.92 Å². The summed E-state index contributed by atoms with van der Waals surface area (Å²) in [4.78, 5) is 13.5. The van der Waals surface area contributed by atoms with Crippen LogP contribution in [0.4, 0.5) is 0 Å². The summed E-state index contributed by atoms with van der Waals surface area (Å²) in [6.07, 6.45) is 2.34. The number of methoxy groups -OCH3 is 1. The van der Waals surface area contributed by atoms with Crippen molar-refractivity contribution in [1.29, 1.82) is 0 Å². The van der Waals surface area contributed by atoms with Gasteiger partial charge in [-0.1, -0.05) is 0 Å². The minimum atomic E-state index is -0.130. The largest absolute Gasteiger partial charge is 0.468 e. The molecule has 0 aromatic heterocycles. The first-order valence-corrected chi connectivity index (χ1v) is 4.83. The Morgan fingerprint density at radius 2 is 2.15 bits per heavy atom. The summed E-state index contributed by atoms with van der Waals surface area (Å²) in [5.74, 6) is -0.130. The maximum atomic E-state index is 11.3. The zero-order valence-electron chi connectivity index (χ0n) is 8.96. The third kappa shape index (κ3) is 2.02. The predicted molar refractivity (Wildman–Crippen MR) is 51.5 cm³/mol. The first-order chi connectivity index (χ1) is 5.99. The highest BCUT2D eigenvalue weighted by atomic mass is 16.5. The molecule has 1 aliphatic rings. The standard InChI is InChI=1S/C10H19NO2/c1-8(9(12)13-4)11-7-5-6-10(11,2)3/h8H,5-7H2,1-4H3. The molecule has 0 saturated carbocycles. The summed E-state index contributed by atoms with van der Waals surface area (Å²) in [6, 6.07) is -0.109. The second-order valence-corrected chi connectivity index (χ2v) is 4.31. The van der Waals surface area contributed by atoms with Gasteiger partial charge in [-0.25, -0.2) is 0 Å². The fourth-order valence-corrected chi connectivity index (χ4v) is 2.14. The molecule has 13 heavy (non-hydrogen) atoms. The first kappa shape index (κ1) is 10.5. The van der Waals surface area contributed by atoms with Crippen LogP contribution in [0.2, 0.25) is 0 Å². The minimum absolute atomic E-state index is 0.109. The molecule has 1 unspecified atom stereocenters. The Morgan fingerprint density at radius 3 is 2.54 bits per heavy atom. The number of carbonyl (C=O) groups excluding carboxylic acids is 1. The molecule has 0 radical (unpaired) electrons. The lowest BCUT2D eigenvalue weighted by Crippen LogP contribution is -2.48. The van der Waals surface area contributed by atoms with Crippen molar-refractivity contribution >= 4 is 5.97 Å². The van der Waals surface area contributed by atoms with Crippen LogP contribution in [-0.4, -0.2) is 36.1 Å². The van der Waals surface area contributed by atoms with Crippen molar-refractivity contribution in [3.63, 3.8) is 0 Å². The van der Waals surface area contributed by atoms with Crippen LogP contribution in [0.1, 0.15) is 33.6 Å². The zero-order valence-corrected chi connectivity index (χ0v) is 8.96. The number of rotatable bonds is 2. The Morgan fingerprint density at radius 1 is 1.54 bits per heavy atom. The molecule has 0 aromatic rings. The molecule has 0 aliphatic carbocycles. The topological polar surface area (TPSA) is 29.5 Å². The van der Waals surface area contributed by atoms with Gasteiger partial charge in [-0.15, -0.1) is 0 Å². The first-order valence-electron chi connectivity index (χ1n) is 4.83. The van der Waals surface area contributed by atoms with Crippen molar-refractivity contribution < 1.29 is 9.53 Å². The Kier molecular flexibility index (Phi) is 2.96. The third-order valence-corrected chi connectivity index (χ3v) is 2.97. The van der Waals surface area contributed by atoms with Gasteiger partial charge in [-0.3, -0.25) is 9.69 Å². The SMILES string of the molecule is COC(=O)C(C)N1CCCC1(C)C. The molecular weight excluding hydrogens is 166 g/mol. The van der Waals surface area contributed by atoms with E-state index in [4.69, 9.17) is 4.74 Å². The van der Waals surface area contributed by atoms with Crippen molar-refractivity contribution in [2.24, 2.45) is 0 Å². The molecular formula is C10H19NO2. The fourth-order valence-electron chi connectivity index (χ4n) is 2.14. The minimum Gasteiger partial charge on any atom is -0.468 e. The van der Waals surface area contributed by atoms with Crippen LogP contribution in [-0.2, 0) is 9.53 Å². The van der Waals surface area contributed by atoms with Gasteiger partial charge in [0.1, 0.15) is 6.04 Å². The summed E-state index contributed by atoms with van der Waals surface area (Å²) in [5.41, 5.74) is 0.146. The molecule has 0 bridgehead atoms. The normalized spacial score (nSPS) is 24.3. The monoisotopic (exact) mass is 185 g/mol. The summed E-state index contributed by atoms with van der Waals surface area (Å²) in [7, 11) is 1.45. The Labute approximate surface area is 80.1 Å². The summed E-state index contributed by atoms with van der Waals surface area (Å²) in [6.45, 7) is 7.28. The average Bonchev–Trinajstić information content (AvgIpc) is 2.42. The molecule has 0 amide bonds. The van der Waals surface area contributed by atoms with E-state index in [0.29, 0.717) is 0 Å². The second kappa shape index (κ2) is 3.66. The highest BCUT2D eigenvalue weighted by Gasteiger charge is 2.37. The van der Waals surface area contributed by atoms with Gasteiger partial charge in [-0.05, 0) is 40.2 Å². The highest BCUT2D eigenvalue weighted by molar-refractivity contribution is 5.75. The second-order valence-electron chi connectivity index (χ2n) is 4.31. The van der Waals surface area contributed by atoms with Crippen LogP contribution >= 0.6 is 0 Å². The van der Waals surface area contributed by atoms with Gasteiger partial charge in [0.25, 0.3) is 0 Å². The third-order valence-electron chi connectivity index (χ3n) is 2.97. The number of hydrogen-bond acceptors (Lipinski definition) is 3. The molecule has 0 spiro atoms. The molecule has 3 nitrogen and oxygen atoms in total. The number of nitrogens with zero attached hydrogens (tertiary/aromatic N) is 1. The van der Waals surface area contributed by atoms with Crippen molar-refractivity contribution in [2.75, 3.05) is 13.7 Å². The maximum absolute atomic E-state index is 11.3. The van der Waals surface area contributed by atoms with Crippen molar-refractivity contribution in [2.45, 2.75) is 45.2 Å². The van der Waals surface area contributed by atoms with Crippen LogP contribution in [0.25, 0.3) is 0 Å². The predicted octanol–water partition coefficient (Wildman–Crippen LogP) is 1.42. The Bertz CT molecular complexity index is 201. The molecule has 0 N–H and O–H groups in total. The van der Waals surface area contributed by atoms with E-state index in [0.717, 1.165) is 13.0 Å². The quantitative estimate of drug-likeness (QED) is 0.609. The van der Waals surface area contributed by atoms with E-state index < -0.39 is 0 Å². The van der Waals surface area contributed by atoms with Crippen LogP contribution < -0.4 is 0 Å².